The zero-order valence-corrected chi connectivity index (χ0v) is 9.76. The van der Waals surface area contributed by atoms with Crippen molar-refractivity contribution in [3.05, 3.63) is 48.2 Å². The number of nitrogens with two attached hydrogens (primary N) is 1. The van der Waals surface area contributed by atoms with Crippen molar-refractivity contribution in [2.24, 2.45) is 5.73 Å². The first kappa shape index (κ1) is 10.5. The van der Waals surface area contributed by atoms with E-state index in [-0.39, 0.29) is 0 Å². The van der Waals surface area contributed by atoms with Gasteiger partial charge >= 0.3 is 0 Å². The number of rotatable bonds is 1. The van der Waals surface area contributed by atoms with Crippen LogP contribution < -0.4 is 5.73 Å². The molecule has 2 nitrogen and oxygen atoms in total. The Hall–Kier alpha value is -1.67. The van der Waals surface area contributed by atoms with Gasteiger partial charge in [-0.1, -0.05) is 24.3 Å². The molecule has 0 radical (unpaired) electrons. The number of aromatic nitrogens is 1. The van der Waals surface area contributed by atoms with Gasteiger partial charge in [0.25, 0.3) is 0 Å². The minimum Gasteiger partial charge on any atom is -0.327 e. The molecular weight excluding hydrogens is 208 g/mol. The standard InChI is InChI=1S/C15H16N2/c16-14-7-5-11(6-8-14)13-4-3-12-2-1-9-17-15(12)10-13/h1-5,9-10,14H,6-8,16H2. The molecule has 0 spiro atoms. The zero-order chi connectivity index (χ0) is 11.7. The number of fused-ring (bicyclic) bond motifs is 1. The highest BCUT2D eigenvalue weighted by atomic mass is 14.6. The SMILES string of the molecule is NC1CC=C(c2ccc3cccnc3c2)CC1. The quantitative estimate of drug-likeness (QED) is 0.808. The Morgan fingerprint density at radius 2 is 2.18 bits per heavy atom. The number of allylic oxidation sites excluding steroid dienone is 1. The second kappa shape index (κ2) is 4.30. The number of benzene rings is 1. The van der Waals surface area contributed by atoms with E-state index >= 15 is 0 Å². The van der Waals surface area contributed by atoms with E-state index in [9.17, 15) is 0 Å². The topological polar surface area (TPSA) is 38.9 Å². The molecule has 3 rings (SSSR count). The average molecular weight is 224 g/mol. The predicted octanol–water partition coefficient (Wildman–Crippen LogP) is 3.13. The Balaban J connectivity index is 2.01. The number of hydrogen-bond acceptors (Lipinski definition) is 2. The number of pyridine rings is 1. The molecule has 0 bridgehead atoms. The normalized spacial score (nSPS) is 20.3. The number of nitrogens with zero attached hydrogens (tertiary/aromatic N) is 1. The summed E-state index contributed by atoms with van der Waals surface area (Å²) in [6.45, 7) is 0. The Morgan fingerprint density at radius 3 is 3.00 bits per heavy atom. The first-order valence-corrected chi connectivity index (χ1v) is 6.13. The van der Waals surface area contributed by atoms with E-state index in [1.807, 2.05) is 12.3 Å². The van der Waals surface area contributed by atoms with Crippen LogP contribution in [0.5, 0.6) is 0 Å². The summed E-state index contributed by atoms with van der Waals surface area (Å²) in [6.07, 6.45) is 7.29. The van der Waals surface area contributed by atoms with Crippen LogP contribution in [0.3, 0.4) is 0 Å². The van der Waals surface area contributed by atoms with Crippen LogP contribution in [0.2, 0.25) is 0 Å². The summed E-state index contributed by atoms with van der Waals surface area (Å²) in [5.74, 6) is 0. The van der Waals surface area contributed by atoms with Gasteiger partial charge in [-0.25, -0.2) is 0 Å². The van der Waals surface area contributed by atoms with E-state index in [1.165, 1.54) is 16.5 Å². The molecule has 2 heteroatoms. The van der Waals surface area contributed by atoms with E-state index in [2.05, 4.69) is 35.3 Å². The Morgan fingerprint density at radius 1 is 1.24 bits per heavy atom. The molecule has 1 atom stereocenters. The maximum Gasteiger partial charge on any atom is 0.0708 e. The van der Waals surface area contributed by atoms with E-state index in [1.54, 1.807) is 0 Å². The van der Waals surface area contributed by atoms with Crippen molar-refractivity contribution in [3.8, 4) is 0 Å². The van der Waals surface area contributed by atoms with Crippen LogP contribution in [0.4, 0.5) is 0 Å². The van der Waals surface area contributed by atoms with Crippen molar-refractivity contribution in [1.82, 2.24) is 4.98 Å². The van der Waals surface area contributed by atoms with Gasteiger partial charge in [0.15, 0.2) is 0 Å². The van der Waals surface area contributed by atoms with E-state index in [0.29, 0.717) is 6.04 Å². The number of hydrogen-bond donors (Lipinski definition) is 1. The minimum atomic E-state index is 0.345. The highest BCUT2D eigenvalue weighted by molar-refractivity contribution is 5.83. The fraction of sp³-hybridized carbons (Fsp3) is 0.267. The lowest BCUT2D eigenvalue weighted by Crippen LogP contribution is -2.21. The van der Waals surface area contributed by atoms with Gasteiger partial charge in [-0.2, -0.15) is 0 Å². The van der Waals surface area contributed by atoms with Gasteiger partial charge in [-0.15, -0.1) is 0 Å². The molecule has 1 aliphatic carbocycles. The van der Waals surface area contributed by atoms with Gasteiger partial charge in [0.2, 0.25) is 0 Å². The first-order valence-electron chi connectivity index (χ1n) is 6.13. The Bertz CT molecular complexity index is 572. The Kier molecular flexibility index (Phi) is 2.65. The van der Waals surface area contributed by atoms with Crippen molar-refractivity contribution in [2.75, 3.05) is 0 Å². The summed E-state index contributed by atoms with van der Waals surface area (Å²) in [6, 6.07) is 10.9. The molecule has 2 N–H and O–H groups in total. The van der Waals surface area contributed by atoms with Crippen LogP contribution >= 0.6 is 0 Å². The molecule has 2 aromatic rings. The van der Waals surface area contributed by atoms with Crippen LogP contribution in [-0.4, -0.2) is 11.0 Å². The van der Waals surface area contributed by atoms with Gasteiger partial charge in [-0.3, -0.25) is 4.98 Å². The van der Waals surface area contributed by atoms with E-state index in [4.69, 9.17) is 5.73 Å². The van der Waals surface area contributed by atoms with Crippen LogP contribution in [0.1, 0.15) is 24.8 Å². The van der Waals surface area contributed by atoms with Crippen molar-refractivity contribution in [2.45, 2.75) is 25.3 Å². The second-order valence-electron chi connectivity index (χ2n) is 4.67. The van der Waals surface area contributed by atoms with Gasteiger partial charge in [0.1, 0.15) is 0 Å². The van der Waals surface area contributed by atoms with Crippen molar-refractivity contribution < 1.29 is 0 Å². The fourth-order valence-electron chi connectivity index (χ4n) is 2.38. The van der Waals surface area contributed by atoms with Crippen molar-refractivity contribution >= 4 is 16.5 Å². The van der Waals surface area contributed by atoms with Gasteiger partial charge in [0, 0.05) is 17.6 Å². The van der Waals surface area contributed by atoms with Gasteiger partial charge in [-0.05, 0) is 42.5 Å². The van der Waals surface area contributed by atoms with E-state index in [0.717, 1.165) is 24.8 Å². The van der Waals surface area contributed by atoms with E-state index < -0.39 is 0 Å². The molecule has 1 aromatic carbocycles. The molecule has 0 amide bonds. The van der Waals surface area contributed by atoms with Crippen molar-refractivity contribution in [3.63, 3.8) is 0 Å². The molecule has 1 unspecified atom stereocenters. The largest absolute Gasteiger partial charge is 0.327 e. The zero-order valence-electron chi connectivity index (χ0n) is 9.76. The molecule has 1 aliphatic rings. The predicted molar refractivity (Wildman–Crippen MR) is 71.5 cm³/mol. The van der Waals surface area contributed by atoms with Crippen LogP contribution in [0.25, 0.3) is 16.5 Å². The summed E-state index contributed by atoms with van der Waals surface area (Å²) in [7, 11) is 0. The molecule has 1 heterocycles. The molecule has 0 fully saturated rings. The second-order valence-corrected chi connectivity index (χ2v) is 4.67. The summed E-state index contributed by atoms with van der Waals surface area (Å²) >= 11 is 0. The molecule has 0 aliphatic heterocycles. The third kappa shape index (κ3) is 2.08. The summed E-state index contributed by atoms with van der Waals surface area (Å²) < 4.78 is 0. The van der Waals surface area contributed by atoms with Crippen LogP contribution in [0.15, 0.2) is 42.6 Å². The molecular formula is C15H16N2. The maximum atomic E-state index is 5.91. The highest BCUT2D eigenvalue weighted by Gasteiger charge is 2.11. The summed E-state index contributed by atoms with van der Waals surface area (Å²) in [5.41, 5.74) is 9.69. The summed E-state index contributed by atoms with van der Waals surface area (Å²) in [5, 5.41) is 1.20. The Labute approximate surface area is 101 Å². The highest BCUT2D eigenvalue weighted by Crippen LogP contribution is 2.27. The lowest BCUT2D eigenvalue weighted by atomic mass is 9.91. The molecule has 0 saturated heterocycles. The average Bonchev–Trinajstić information content (AvgIpc) is 2.39. The monoisotopic (exact) mass is 224 g/mol. The third-order valence-corrected chi connectivity index (χ3v) is 3.43. The van der Waals surface area contributed by atoms with Crippen LogP contribution in [0, 0.1) is 0 Å². The smallest absolute Gasteiger partial charge is 0.0708 e. The van der Waals surface area contributed by atoms with Gasteiger partial charge in [0.05, 0.1) is 5.52 Å². The lowest BCUT2D eigenvalue weighted by Gasteiger charge is -2.18. The summed E-state index contributed by atoms with van der Waals surface area (Å²) in [4.78, 5) is 4.40. The molecule has 0 saturated carbocycles. The fourth-order valence-corrected chi connectivity index (χ4v) is 2.38. The van der Waals surface area contributed by atoms with Gasteiger partial charge < -0.3 is 5.73 Å². The first-order chi connectivity index (χ1) is 8.33. The molecule has 86 valence electrons. The third-order valence-electron chi connectivity index (χ3n) is 3.43. The minimum absolute atomic E-state index is 0.345. The van der Waals surface area contributed by atoms with Crippen molar-refractivity contribution in [1.29, 1.82) is 0 Å². The maximum absolute atomic E-state index is 5.91. The van der Waals surface area contributed by atoms with Crippen LogP contribution in [-0.2, 0) is 0 Å². The molecule has 17 heavy (non-hydrogen) atoms. The lowest BCUT2D eigenvalue weighted by molar-refractivity contribution is 0.614. The molecule has 1 aromatic heterocycles.